The van der Waals surface area contributed by atoms with Gasteiger partial charge < -0.3 is 0 Å². The van der Waals surface area contributed by atoms with Gasteiger partial charge in [0, 0.05) is 31.7 Å². The van der Waals surface area contributed by atoms with Crippen molar-refractivity contribution >= 4 is 10.0 Å². The molecule has 2 saturated heterocycles. The standard InChI is InChI=1S/C21H32N2O2S/c1-15(2)11-16-6-7-19-17(12-16)8-10-22-14-18-5-4-9-23(26(3,24)25)20(18)13-21(19)22/h6-7,12,15,18,20-21H,4-5,8-11,13-14H2,1-3H3. The molecular formula is C21H32N2O2S. The summed E-state index contributed by atoms with van der Waals surface area (Å²) in [6.07, 6.45) is 6.77. The highest BCUT2D eigenvalue weighted by molar-refractivity contribution is 7.88. The van der Waals surface area contributed by atoms with Gasteiger partial charge >= 0.3 is 0 Å². The maximum atomic E-state index is 12.3. The second kappa shape index (κ2) is 6.92. The number of benzene rings is 1. The zero-order valence-corrected chi connectivity index (χ0v) is 17.1. The third-order valence-electron chi connectivity index (χ3n) is 6.55. The molecular weight excluding hydrogens is 344 g/mol. The van der Waals surface area contributed by atoms with Crippen LogP contribution in [0.4, 0.5) is 0 Å². The summed E-state index contributed by atoms with van der Waals surface area (Å²) in [5.74, 6) is 1.17. The first-order valence-corrected chi connectivity index (χ1v) is 12.0. The van der Waals surface area contributed by atoms with Crippen molar-refractivity contribution in [1.82, 2.24) is 9.21 Å². The predicted molar refractivity (Wildman–Crippen MR) is 106 cm³/mol. The largest absolute Gasteiger partial charge is 0.296 e. The highest BCUT2D eigenvalue weighted by Crippen LogP contribution is 2.43. The van der Waals surface area contributed by atoms with Crippen molar-refractivity contribution < 1.29 is 8.42 Å². The first-order valence-electron chi connectivity index (χ1n) is 10.2. The molecule has 0 spiro atoms. The Morgan fingerprint density at radius 2 is 2.04 bits per heavy atom. The van der Waals surface area contributed by atoms with Gasteiger partial charge in [0.2, 0.25) is 10.0 Å². The second-order valence-electron chi connectivity index (χ2n) is 8.97. The van der Waals surface area contributed by atoms with Gasteiger partial charge in [-0.25, -0.2) is 8.42 Å². The maximum Gasteiger partial charge on any atom is 0.211 e. The van der Waals surface area contributed by atoms with E-state index < -0.39 is 10.0 Å². The summed E-state index contributed by atoms with van der Waals surface area (Å²) in [7, 11) is -3.12. The van der Waals surface area contributed by atoms with Gasteiger partial charge in [-0.3, -0.25) is 4.90 Å². The summed E-state index contributed by atoms with van der Waals surface area (Å²) in [6, 6.07) is 7.60. The van der Waals surface area contributed by atoms with Gasteiger partial charge in [0.05, 0.1) is 6.26 Å². The van der Waals surface area contributed by atoms with Crippen LogP contribution >= 0.6 is 0 Å². The monoisotopic (exact) mass is 376 g/mol. The van der Waals surface area contributed by atoms with E-state index in [1.807, 2.05) is 0 Å². The molecule has 0 bridgehead atoms. The average molecular weight is 377 g/mol. The molecule has 0 aromatic heterocycles. The molecule has 1 aromatic carbocycles. The lowest BCUT2D eigenvalue weighted by Crippen LogP contribution is -2.57. The lowest BCUT2D eigenvalue weighted by molar-refractivity contribution is 0.0222. The second-order valence-corrected chi connectivity index (χ2v) is 10.9. The molecule has 2 fully saturated rings. The normalized spacial score (nSPS) is 29.9. The van der Waals surface area contributed by atoms with Crippen LogP contribution in [0.5, 0.6) is 0 Å². The topological polar surface area (TPSA) is 40.6 Å². The van der Waals surface area contributed by atoms with Gasteiger partial charge in [-0.05, 0) is 60.6 Å². The van der Waals surface area contributed by atoms with Crippen LogP contribution in [0.1, 0.15) is 55.8 Å². The summed E-state index contributed by atoms with van der Waals surface area (Å²) in [6.45, 7) is 7.41. The van der Waals surface area contributed by atoms with Crippen LogP contribution in [0.3, 0.4) is 0 Å². The molecule has 0 N–H and O–H groups in total. The van der Waals surface area contributed by atoms with Crippen LogP contribution in [0.25, 0.3) is 0 Å². The van der Waals surface area contributed by atoms with Crippen molar-refractivity contribution in [2.24, 2.45) is 11.8 Å². The van der Waals surface area contributed by atoms with E-state index >= 15 is 0 Å². The molecule has 0 radical (unpaired) electrons. The molecule has 4 nitrogen and oxygen atoms in total. The van der Waals surface area contributed by atoms with Crippen molar-refractivity contribution in [2.45, 2.75) is 58.0 Å². The van der Waals surface area contributed by atoms with E-state index in [-0.39, 0.29) is 6.04 Å². The molecule has 3 atom stereocenters. The van der Waals surface area contributed by atoms with E-state index in [0.29, 0.717) is 24.4 Å². The number of hydrogen-bond acceptors (Lipinski definition) is 3. The van der Waals surface area contributed by atoms with Crippen LogP contribution in [0.15, 0.2) is 18.2 Å². The van der Waals surface area contributed by atoms with Gasteiger partial charge in [0.25, 0.3) is 0 Å². The van der Waals surface area contributed by atoms with Gasteiger partial charge in [-0.15, -0.1) is 0 Å². The Balaban J connectivity index is 1.62. The molecule has 3 aliphatic heterocycles. The Morgan fingerprint density at radius 3 is 2.77 bits per heavy atom. The molecule has 5 heteroatoms. The van der Waals surface area contributed by atoms with Crippen LogP contribution < -0.4 is 0 Å². The first-order chi connectivity index (χ1) is 12.3. The average Bonchev–Trinajstić information content (AvgIpc) is 2.57. The van der Waals surface area contributed by atoms with Gasteiger partial charge in [-0.1, -0.05) is 32.0 Å². The Kier molecular flexibility index (Phi) is 4.91. The Labute approximate surface area is 158 Å². The first kappa shape index (κ1) is 18.5. The molecule has 144 valence electrons. The smallest absolute Gasteiger partial charge is 0.211 e. The number of nitrogens with zero attached hydrogens (tertiary/aromatic N) is 2. The lowest BCUT2D eigenvalue weighted by Gasteiger charge is -2.51. The van der Waals surface area contributed by atoms with E-state index in [2.05, 4.69) is 36.9 Å². The van der Waals surface area contributed by atoms with Crippen molar-refractivity contribution in [3.63, 3.8) is 0 Å². The number of rotatable bonds is 3. The third kappa shape index (κ3) is 3.46. The zero-order chi connectivity index (χ0) is 18.5. The Morgan fingerprint density at radius 1 is 1.23 bits per heavy atom. The number of fused-ring (bicyclic) bond motifs is 4. The van der Waals surface area contributed by atoms with Gasteiger partial charge in [0.1, 0.15) is 0 Å². The SMILES string of the molecule is CC(C)Cc1ccc2c(c1)CCN1CC3CCCN(S(C)(=O)=O)C3CC21. The zero-order valence-electron chi connectivity index (χ0n) is 16.3. The lowest BCUT2D eigenvalue weighted by atomic mass is 9.77. The van der Waals surface area contributed by atoms with Crippen molar-refractivity contribution in [1.29, 1.82) is 0 Å². The maximum absolute atomic E-state index is 12.3. The van der Waals surface area contributed by atoms with Gasteiger partial charge in [0.15, 0.2) is 0 Å². The van der Waals surface area contributed by atoms with Crippen LogP contribution in [0.2, 0.25) is 0 Å². The molecule has 0 aliphatic carbocycles. The Bertz CT molecular complexity index is 774. The van der Waals surface area contributed by atoms with E-state index in [1.54, 1.807) is 4.31 Å². The Hall–Kier alpha value is -0.910. The molecule has 0 saturated carbocycles. The number of sulfonamides is 1. The fourth-order valence-corrected chi connectivity index (χ4v) is 6.69. The molecule has 0 amide bonds. The molecule has 3 heterocycles. The molecule has 26 heavy (non-hydrogen) atoms. The summed E-state index contributed by atoms with van der Waals surface area (Å²) in [5.41, 5.74) is 4.38. The van der Waals surface area contributed by atoms with Crippen molar-refractivity contribution in [2.75, 3.05) is 25.9 Å². The minimum absolute atomic E-state index is 0.182. The third-order valence-corrected chi connectivity index (χ3v) is 7.85. The van der Waals surface area contributed by atoms with E-state index in [0.717, 1.165) is 38.8 Å². The quantitative estimate of drug-likeness (QED) is 0.813. The van der Waals surface area contributed by atoms with Crippen LogP contribution in [0, 0.1) is 11.8 Å². The molecule has 3 unspecified atom stereocenters. The van der Waals surface area contributed by atoms with E-state index in [1.165, 1.54) is 29.4 Å². The summed E-state index contributed by atoms with van der Waals surface area (Å²) in [4.78, 5) is 2.62. The highest BCUT2D eigenvalue weighted by Gasteiger charge is 2.44. The number of hydrogen-bond donors (Lipinski definition) is 0. The summed E-state index contributed by atoms with van der Waals surface area (Å²) < 4.78 is 26.4. The van der Waals surface area contributed by atoms with Crippen LogP contribution in [-0.4, -0.2) is 49.6 Å². The van der Waals surface area contributed by atoms with Gasteiger partial charge in [-0.2, -0.15) is 4.31 Å². The minimum atomic E-state index is -3.12. The summed E-state index contributed by atoms with van der Waals surface area (Å²) >= 11 is 0. The minimum Gasteiger partial charge on any atom is -0.296 e. The highest BCUT2D eigenvalue weighted by atomic mass is 32.2. The van der Waals surface area contributed by atoms with Crippen LogP contribution in [-0.2, 0) is 22.9 Å². The van der Waals surface area contributed by atoms with Crippen molar-refractivity contribution in [3.8, 4) is 0 Å². The van der Waals surface area contributed by atoms with E-state index in [4.69, 9.17) is 0 Å². The van der Waals surface area contributed by atoms with Crippen molar-refractivity contribution in [3.05, 3.63) is 34.9 Å². The predicted octanol–water partition coefficient (Wildman–Crippen LogP) is 3.23. The molecule has 3 aliphatic rings. The summed E-state index contributed by atoms with van der Waals surface area (Å²) in [5, 5.41) is 0. The fraction of sp³-hybridized carbons (Fsp3) is 0.714. The number of piperidine rings is 2. The fourth-order valence-electron chi connectivity index (χ4n) is 5.48. The van der Waals surface area contributed by atoms with E-state index in [9.17, 15) is 8.42 Å². The molecule has 4 rings (SSSR count). The molecule has 1 aromatic rings.